The Balaban J connectivity index is 1.06. The zero-order chi connectivity index (χ0) is 32.8. The van der Waals surface area contributed by atoms with Crippen LogP contribution >= 0.6 is 0 Å². The molecular formula is C48H28O2. The van der Waals surface area contributed by atoms with Gasteiger partial charge in [-0.1, -0.05) is 133 Å². The molecule has 0 spiro atoms. The summed E-state index contributed by atoms with van der Waals surface area (Å²) in [5.41, 5.74) is 10.8. The second-order valence-corrected chi connectivity index (χ2v) is 13.2. The van der Waals surface area contributed by atoms with Crippen LogP contribution in [0.1, 0.15) is 0 Å². The SMILES string of the molecule is c1ccc2cc(-c3c4ccccc4c(-c4ccc(-c5ccc6oc7c(ccc8oc9ccccc9c87)c6c5)cc4)c4ccccc34)ccc2c1. The molecule has 0 aliphatic rings. The van der Waals surface area contributed by atoms with Gasteiger partial charge in [0.15, 0.2) is 0 Å². The van der Waals surface area contributed by atoms with Crippen LogP contribution in [0.5, 0.6) is 0 Å². The Morgan fingerprint density at radius 3 is 1.56 bits per heavy atom. The quantitative estimate of drug-likeness (QED) is 0.180. The van der Waals surface area contributed by atoms with E-state index in [1.807, 2.05) is 18.2 Å². The van der Waals surface area contributed by atoms with E-state index in [2.05, 4.69) is 152 Å². The van der Waals surface area contributed by atoms with Gasteiger partial charge in [-0.05, 0) is 102 Å². The van der Waals surface area contributed by atoms with Crippen molar-refractivity contribution in [3.63, 3.8) is 0 Å². The minimum Gasteiger partial charge on any atom is -0.456 e. The highest BCUT2D eigenvalue weighted by Crippen LogP contribution is 2.45. The first kappa shape index (κ1) is 27.3. The molecule has 0 aliphatic heterocycles. The molecule has 50 heavy (non-hydrogen) atoms. The van der Waals surface area contributed by atoms with Crippen molar-refractivity contribution in [3.8, 4) is 33.4 Å². The first-order valence-corrected chi connectivity index (χ1v) is 17.1. The van der Waals surface area contributed by atoms with Gasteiger partial charge in [-0.3, -0.25) is 0 Å². The Bertz CT molecular complexity index is 3080. The third kappa shape index (κ3) is 3.96. The highest BCUT2D eigenvalue weighted by molar-refractivity contribution is 6.23. The van der Waals surface area contributed by atoms with Crippen molar-refractivity contribution in [3.05, 3.63) is 170 Å². The Morgan fingerprint density at radius 1 is 0.280 bits per heavy atom. The van der Waals surface area contributed by atoms with Crippen molar-refractivity contribution in [1.29, 1.82) is 0 Å². The van der Waals surface area contributed by atoms with Gasteiger partial charge in [0.2, 0.25) is 0 Å². The molecule has 0 N–H and O–H groups in total. The maximum Gasteiger partial charge on any atom is 0.147 e. The summed E-state index contributed by atoms with van der Waals surface area (Å²) in [6, 6.07) is 61.1. The van der Waals surface area contributed by atoms with E-state index in [1.54, 1.807) is 0 Å². The fraction of sp³-hybridized carbons (Fsp3) is 0. The van der Waals surface area contributed by atoms with Gasteiger partial charge in [0.25, 0.3) is 0 Å². The van der Waals surface area contributed by atoms with E-state index in [0.717, 1.165) is 49.4 Å². The van der Waals surface area contributed by atoms with Gasteiger partial charge in [0.1, 0.15) is 22.3 Å². The average Bonchev–Trinajstić information content (AvgIpc) is 3.75. The molecule has 11 rings (SSSR count). The van der Waals surface area contributed by atoms with Gasteiger partial charge < -0.3 is 8.83 Å². The van der Waals surface area contributed by atoms with Crippen molar-refractivity contribution in [1.82, 2.24) is 0 Å². The molecule has 2 heterocycles. The van der Waals surface area contributed by atoms with E-state index in [4.69, 9.17) is 8.83 Å². The van der Waals surface area contributed by atoms with Gasteiger partial charge in [-0.15, -0.1) is 0 Å². The van der Waals surface area contributed by atoms with Crippen molar-refractivity contribution in [2.24, 2.45) is 0 Å². The van der Waals surface area contributed by atoms with E-state index < -0.39 is 0 Å². The Morgan fingerprint density at radius 2 is 0.820 bits per heavy atom. The lowest BCUT2D eigenvalue weighted by atomic mass is 9.85. The van der Waals surface area contributed by atoms with Crippen molar-refractivity contribution in [2.45, 2.75) is 0 Å². The summed E-state index contributed by atoms with van der Waals surface area (Å²) in [5.74, 6) is 0. The summed E-state index contributed by atoms with van der Waals surface area (Å²) < 4.78 is 12.6. The van der Waals surface area contributed by atoms with Gasteiger partial charge in [-0.2, -0.15) is 0 Å². The van der Waals surface area contributed by atoms with Crippen LogP contribution in [-0.2, 0) is 0 Å². The van der Waals surface area contributed by atoms with Crippen molar-refractivity contribution < 1.29 is 8.83 Å². The van der Waals surface area contributed by atoms with Crippen LogP contribution in [0.4, 0.5) is 0 Å². The molecule has 0 aliphatic carbocycles. The number of rotatable bonds is 3. The highest BCUT2D eigenvalue weighted by atomic mass is 16.3. The fourth-order valence-corrected chi connectivity index (χ4v) is 8.15. The van der Waals surface area contributed by atoms with Gasteiger partial charge in [0, 0.05) is 16.2 Å². The first-order chi connectivity index (χ1) is 24.8. The Labute approximate surface area is 287 Å². The summed E-state index contributed by atoms with van der Waals surface area (Å²) in [7, 11) is 0. The van der Waals surface area contributed by atoms with E-state index >= 15 is 0 Å². The monoisotopic (exact) mass is 636 g/mol. The average molecular weight is 637 g/mol. The zero-order valence-electron chi connectivity index (χ0n) is 27.0. The smallest absolute Gasteiger partial charge is 0.147 e. The van der Waals surface area contributed by atoms with Gasteiger partial charge in [0.05, 0.1) is 5.39 Å². The Kier molecular flexibility index (Phi) is 5.70. The van der Waals surface area contributed by atoms with Crippen LogP contribution in [0.15, 0.2) is 179 Å². The topological polar surface area (TPSA) is 26.3 Å². The highest BCUT2D eigenvalue weighted by Gasteiger charge is 2.18. The predicted molar refractivity (Wildman–Crippen MR) is 210 cm³/mol. The first-order valence-electron chi connectivity index (χ1n) is 17.1. The van der Waals surface area contributed by atoms with Crippen LogP contribution in [0.2, 0.25) is 0 Å². The molecule has 0 unspecified atom stereocenters. The third-order valence-corrected chi connectivity index (χ3v) is 10.5. The Hall–Kier alpha value is -6.64. The number of furan rings is 2. The molecular weight excluding hydrogens is 609 g/mol. The molecule has 232 valence electrons. The maximum absolute atomic E-state index is 6.48. The standard InChI is InChI=1S/C48H28O2/c1-2-10-32-27-34(22-19-29(32)9-1)46-37-13-5-3-11-35(37)45(36-12-4-6-14-38(36)46)31-20-17-30(18-21-31)33-23-25-43-41(28-33)39-24-26-44-47(48(39)50-43)40-15-7-8-16-42(40)49-44/h1-28H. The summed E-state index contributed by atoms with van der Waals surface area (Å²) >= 11 is 0. The molecule has 0 amide bonds. The zero-order valence-corrected chi connectivity index (χ0v) is 27.0. The molecule has 0 radical (unpaired) electrons. The molecule has 0 atom stereocenters. The second-order valence-electron chi connectivity index (χ2n) is 13.2. The normalized spacial score (nSPS) is 12.0. The summed E-state index contributed by atoms with van der Waals surface area (Å²) in [6.07, 6.45) is 0. The molecule has 2 aromatic heterocycles. The molecule has 2 heteroatoms. The van der Waals surface area contributed by atoms with E-state index in [-0.39, 0.29) is 0 Å². The van der Waals surface area contributed by atoms with E-state index in [1.165, 1.54) is 60.1 Å². The lowest BCUT2D eigenvalue weighted by Gasteiger charge is -2.18. The van der Waals surface area contributed by atoms with Crippen LogP contribution in [0, 0.1) is 0 Å². The molecule has 0 saturated heterocycles. The summed E-state index contributed by atoms with van der Waals surface area (Å²) in [4.78, 5) is 0. The minimum atomic E-state index is 0.846. The second kappa shape index (κ2) is 10.4. The number of fused-ring (bicyclic) bond motifs is 10. The number of benzene rings is 9. The largest absolute Gasteiger partial charge is 0.456 e. The predicted octanol–water partition coefficient (Wildman–Crippen LogP) is 13.9. The molecule has 9 aromatic carbocycles. The number of hydrogen-bond acceptors (Lipinski definition) is 2. The number of hydrogen-bond donors (Lipinski definition) is 0. The van der Waals surface area contributed by atoms with Crippen LogP contribution < -0.4 is 0 Å². The van der Waals surface area contributed by atoms with Gasteiger partial charge >= 0.3 is 0 Å². The molecule has 0 bridgehead atoms. The molecule has 0 fully saturated rings. The summed E-state index contributed by atoms with van der Waals surface area (Å²) in [5, 5.41) is 11.9. The third-order valence-electron chi connectivity index (χ3n) is 10.5. The van der Waals surface area contributed by atoms with Crippen LogP contribution in [0.3, 0.4) is 0 Å². The molecule has 0 saturated carbocycles. The lowest BCUT2D eigenvalue weighted by molar-refractivity contribution is 0.663. The lowest BCUT2D eigenvalue weighted by Crippen LogP contribution is -1.91. The van der Waals surface area contributed by atoms with Crippen LogP contribution in [-0.4, -0.2) is 0 Å². The fourth-order valence-electron chi connectivity index (χ4n) is 8.15. The number of para-hydroxylation sites is 1. The maximum atomic E-state index is 6.48. The van der Waals surface area contributed by atoms with Crippen molar-refractivity contribution in [2.75, 3.05) is 0 Å². The van der Waals surface area contributed by atoms with Gasteiger partial charge in [-0.25, -0.2) is 0 Å². The summed E-state index contributed by atoms with van der Waals surface area (Å²) in [6.45, 7) is 0. The minimum absolute atomic E-state index is 0.846. The van der Waals surface area contributed by atoms with Crippen molar-refractivity contribution >= 4 is 76.2 Å². The molecule has 11 aromatic rings. The van der Waals surface area contributed by atoms with Crippen LogP contribution in [0.25, 0.3) is 110 Å². The molecule has 2 nitrogen and oxygen atoms in total. The van der Waals surface area contributed by atoms with E-state index in [9.17, 15) is 0 Å². The van der Waals surface area contributed by atoms with E-state index in [0.29, 0.717) is 0 Å².